The van der Waals surface area contributed by atoms with Gasteiger partial charge in [0.25, 0.3) is 0 Å². The Balaban J connectivity index is 2.04. The van der Waals surface area contributed by atoms with Crippen molar-refractivity contribution in [1.82, 2.24) is 15.1 Å². The van der Waals surface area contributed by atoms with Crippen LogP contribution in [-0.2, 0) is 4.74 Å². The minimum atomic E-state index is 0.366. The first kappa shape index (κ1) is 12.6. The standard InChI is InChI=1S/C13H23N3O/c1-10(14-2)11-8-15-16(9-11)12-5-4-6-13(7-12)17-3/h8-10,12-14H,4-7H2,1-3H3. The predicted molar refractivity (Wildman–Crippen MR) is 68.0 cm³/mol. The van der Waals surface area contributed by atoms with Crippen LogP contribution in [0.3, 0.4) is 0 Å². The maximum Gasteiger partial charge on any atom is 0.0591 e. The molecule has 2 rings (SSSR count). The molecule has 1 fully saturated rings. The molecule has 1 aromatic heterocycles. The second-order valence-electron chi connectivity index (χ2n) is 4.94. The number of aromatic nitrogens is 2. The Labute approximate surface area is 103 Å². The molecule has 0 saturated heterocycles. The van der Waals surface area contributed by atoms with E-state index < -0.39 is 0 Å². The molecule has 1 aromatic rings. The Morgan fingerprint density at radius 2 is 2.35 bits per heavy atom. The predicted octanol–water partition coefficient (Wildman–Crippen LogP) is 2.29. The maximum atomic E-state index is 5.46. The summed E-state index contributed by atoms with van der Waals surface area (Å²) in [5, 5.41) is 7.74. The van der Waals surface area contributed by atoms with Gasteiger partial charge >= 0.3 is 0 Å². The molecule has 0 spiro atoms. The molecule has 0 aromatic carbocycles. The molecule has 96 valence electrons. The van der Waals surface area contributed by atoms with Crippen LogP contribution in [0.5, 0.6) is 0 Å². The van der Waals surface area contributed by atoms with Crippen molar-refractivity contribution in [2.24, 2.45) is 0 Å². The molecular formula is C13H23N3O. The van der Waals surface area contributed by atoms with Gasteiger partial charge < -0.3 is 10.1 Å². The van der Waals surface area contributed by atoms with E-state index in [4.69, 9.17) is 4.74 Å². The van der Waals surface area contributed by atoms with Gasteiger partial charge in [-0.25, -0.2) is 0 Å². The average Bonchev–Trinajstić information content (AvgIpc) is 2.87. The van der Waals surface area contributed by atoms with E-state index in [1.54, 1.807) is 0 Å². The van der Waals surface area contributed by atoms with E-state index >= 15 is 0 Å². The maximum absolute atomic E-state index is 5.46. The minimum absolute atomic E-state index is 0.366. The zero-order chi connectivity index (χ0) is 12.3. The second kappa shape index (κ2) is 5.65. The fraction of sp³-hybridized carbons (Fsp3) is 0.769. The van der Waals surface area contributed by atoms with E-state index in [1.807, 2.05) is 20.4 Å². The zero-order valence-electron chi connectivity index (χ0n) is 11.0. The number of hydrogen-bond acceptors (Lipinski definition) is 3. The Morgan fingerprint density at radius 3 is 3.06 bits per heavy atom. The van der Waals surface area contributed by atoms with Gasteiger partial charge in [-0.2, -0.15) is 5.10 Å². The third-order valence-corrected chi connectivity index (χ3v) is 3.86. The van der Waals surface area contributed by atoms with Gasteiger partial charge in [0.05, 0.1) is 18.3 Å². The summed E-state index contributed by atoms with van der Waals surface area (Å²) in [5.41, 5.74) is 1.26. The van der Waals surface area contributed by atoms with Crippen LogP contribution in [0.4, 0.5) is 0 Å². The van der Waals surface area contributed by atoms with Crippen molar-refractivity contribution in [3.8, 4) is 0 Å². The number of nitrogens with one attached hydrogen (secondary N) is 1. The Bertz CT molecular complexity index is 350. The smallest absolute Gasteiger partial charge is 0.0591 e. The fourth-order valence-corrected chi connectivity index (χ4v) is 2.52. The summed E-state index contributed by atoms with van der Waals surface area (Å²) in [6, 6.07) is 0.872. The van der Waals surface area contributed by atoms with E-state index in [-0.39, 0.29) is 0 Å². The average molecular weight is 237 g/mol. The molecule has 17 heavy (non-hydrogen) atoms. The zero-order valence-corrected chi connectivity index (χ0v) is 11.0. The normalized spacial score (nSPS) is 27.0. The molecule has 1 N–H and O–H groups in total. The number of rotatable bonds is 4. The molecule has 0 amide bonds. The van der Waals surface area contributed by atoms with Gasteiger partial charge in [-0.1, -0.05) is 0 Å². The van der Waals surface area contributed by atoms with Crippen molar-refractivity contribution in [3.05, 3.63) is 18.0 Å². The van der Waals surface area contributed by atoms with E-state index in [9.17, 15) is 0 Å². The highest BCUT2D eigenvalue weighted by atomic mass is 16.5. The largest absolute Gasteiger partial charge is 0.381 e. The van der Waals surface area contributed by atoms with Gasteiger partial charge in [0.15, 0.2) is 0 Å². The van der Waals surface area contributed by atoms with Crippen LogP contribution >= 0.6 is 0 Å². The lowest BCUT2D eigenvalue weighted by Gasteiger charge is -2.28. The molecule has 1 aliphatic rings. The highest BCUT2D eigenvalue weighted by Gasteiger charge is 2.23. The minimum Gasteiger partial charge on any atom is -0.381 e. The van der Waals surface area contributed by atoms with Crippen LogP contribution in [0, 0.1) is 0 Å². The van der Waals surface area contributed by atoms with Gasteiger partial charge in [-0.15, -0.1) is 0 Å². The van der Waals surface area contributed by atoms with Crippen LogP contribution in [-0.4, -0.2) is 30.0 Å². The van der Waals surface area contributed by atoms with Crippen molar-refractivity contribution in [1.29, 1.82) is 0 Å². The lowest BCUT2D eigenvalue weighted by Crippen LogP contribution is -2.24. The van der Waals surface area contributed by atoms with Gasteiger partial charge in [0.2, 0.25) is 0 Å². The Kier molecular flexibility index (Phi) is 4.18. The SMILES string of the molecule is CNC(C)c1cnn(C2CCCC(OC)C2)c1. The summed E-state index contributed by atoms with van der Waals surface area (Å²) in [5.74, 6) is 0. The second-order valence-corrected chi connectivity index (χ2v) is 4.94. The van der Waals surface area contributed by atoms with Gasteiger partial charge in [-0.05, 0) is 39.7 Å². The first-order chi connectivity index (χ1) is 8.24. The first-order valence-electron chi connectivity index (χ1n) is 6.48. The summed E-state index contributed by atoms with van der Waals surface area (Å²) in [7, 11) is 3.79. The summed E-state index contributed by atoms with van der Waals surface area (Å²) < 4.78 is 7.58. The number of ether oxygens (including phenoxy) is 1. The molecule has 1 aliphatic carbocycles. The monoisotopic (exact) mass is 237 g/mol. The fourth-order valence-electron chi connectivity index (χ4n) is 2.52. The Morgan fingerprint density at radius 1 is 1.53 bits per heavy atom. The topological polar surface area (TPSA) is 39.1 Å². The molecule has 1 heterocycles. The van der Waals surface area contributed by atoms with Crippen molar-refractivity contribution < 1.29 is 4.74 Å². The number of methoxy groups -OCH3 is 1. The van der Waals surface area contributed by atoms with E-state index in [1.165, 1.54) is 24.8 Å². The molecule has 3 unspecified atom stereocenters. The molecule has 3 atom stereocenters. The van der Waals surface area contributed by atoms with E-state index in [0.717, 1.165) is 6.42 Å². The summed E-state index contributed by atoms with van der Waals surface area (Å²) in [4.78, 5) is 0. The molecule has 4 heteroatoms. The highest BCUT2D eigenvalue weighted by Crippen LogP contribution is 2.30. The summed E-state index contributed by atoms with van der Waals surface area (Å²) in [6.07, 6.45) is 9.28. The quantitative estimate of drug-likeness (QED) is 0.873. The van der Waals surface area contributed by atoms with Crippen LogP contribution in [0.2, 0.25) is 0 Å². The van der Waals surface area contributed by atoms with E-state index in [0.29, 0.717) is 18.2 Å². The van der Waals surface area contributed by atoms with Crippen LogP contribution < -0.4 is 5.32 Å². The van der Waals surface area contributed by atoms with Gasteiger partial charge in [0.1, 0.15) is 0 Å². The van der Waals surface area contributed by atoms with Gasteiger partial charge in [0, 0.05) is 24.9 Å². The molecule has 1 saturated carbocycles. The van der Waals surface area contributed by atoms with E-state index in [2.05, 4.69) is 28.2 Å². The van der Waals surface area contributed by atoms with Crippen LogP contribution in [0.25, 0.3) is 0 Å². The molecule has 0 radical (unpaired) electrons. The van der Waals surface area contributed by atoms with Crippen molar-refractivity contribution in [2.75, 3.05) is 14.2 Å². The first-order valence-corrected chi connectivity index (χ1v) is 6.48. The van der Waals surface area contributed by atoms with Crippen molar-refractivity contribution in [2.45, 2.75) is 50.8 Å². The highest BCUT2D eigenvalue weighted by molar-refractivity contribution is 5.09. The number of nitrogens with zero attached hydrogens (tertiary/aromatic N) is 2. The van der Waals surface area contributed by atoms with Crippen LogP contribution in [0.1, 0.15) is 50.3 Å². The molecular weight excluding hydrogens is 214 g/mol. The molecule has 4 nitrogen and oxygen atoms in total. The van der Waals surface area contributed by atoms with Gasteiger partial charge in [-0.3, -0.25) is 4.68 Å². The van der Waals surface area contributed by atoms with Crippen molar-refractivity contribution in [3.63, 3.8) is 0 Å². The third kappa shape index (κ3) is 2.87. The number of hydrogen-bond donors (Lipinski definition) is 1. The third-order valence-electron chi connectivity index (χ3n) is 3.86. The molecule has 0 aliphatic heterocycles. The Hall–Kier alpha value is -0.870. The summed E-state index contributed by atoms with van der Waals surface area (Å²) in [6.45, 7) is 2.15. The molecule has 0 bridgehead atoms. The van der Waals surface area contributed by atoms with Crippen LogP contribution in [0.15, 0.2) is 12.4 Å². The summed E-state index contributed by atoms with van der Waals surface area (Å²) >= 11 is 0. The lowest BCUT2D eigenvalue weighted by atomic mass is 9.93. The van der Waals surface area contributed by atoms with Crippen molar-refractivity contribution >= 4 is 0 Å². The lowest BCUT2D eigenvalue weighted by molar-refractivity contribution is 0.0508.